The average molecular weight is 352 g/mol. The number of nitrogens with one attached hydrogen (secondary N) is 1. The fourth-order valence-electron chi connectivity index (χ4n) is 3.54. The first-order valence-electron chi connectivity index (χ1n) is 8.79. The summed E-state index contributed by atoms with van der Waals surface area (Å²) in [4.78, 5) is 26.6. The summed E-state index contributed by atoms with van der Waals surface area (Å²) in [6.45, 7) is 1.96. The fraction of sp³-hybridized carbons (Fsp3) is 0.333. The molecule has 5 heteroatoms. The van der Waals surface area contributed by atoms with E-state index in [0.29, 0.717) is 6.42 Å². The number of rotatable bonds is 6. The molecule has 2 atom stereocenters. The zero-order chi connectivity index (χ0) is 18.7. The van der Waals surface area contributed by atoms with Crippen molar-refractivity contribution in [1.29, 1.82) is 0 Å². The van der Waals surface area contributed by atoms with Gasteiger partial charge in [-0.2, -0.15) is 0 Å². The number of amides is 2. The number of para-hydroxylation sites is 2. The topological polar surface area (TPSA) is 58.6 Å². The number of nitrogens with zero attached hydrogens (tertiary/aromatic N) is 1. The molecule has 2 aromatic carbocycles. The van der Waals surface area contributed by atoms with Crippen LogP contribution in [-0.4, -0.2) is 32.0 Å². The molecular weight excluding hydrogens is 328 g/mol. The first-order chi connectivity index (χ1) is 12.5. The minimum absolute atomic E-state index is 0.0290. The fourth-order valence-corrected chi connectivity index (χ4v) is 3.54. The van der Waals surface area contributed by atoms with Crippen molar-refractivity contribution in [3.05, 3.63) is 59.7 Å². The molecule has 1 aliphatic heterocycles. The molecule has 1 aliphatic rings. The van der Waals surface area contributed by atoms with Gasteiger partial charge in [-0.1, -0.05) is 36.4 Å². The molecule has 0 saturated heterocycles. The molecule has 0 aliphatic carbocycles. The third kappa shape index (κ3) is 3.57. The highest BCUT2D eigenvalue weighted by molar-refractivity contribution is 6.06. The van der Waals surface area contributed by atoms with Gasteiger partial charge in [-0.25, -0.2) is 0 Å². The number of carbonyl (C=O) groups excluding carboxylic acids is 2. The smallest absolute Gasteiger partial charge is 0.234 e. The highest BCUT2D eigenvalue weighted by Crippen LogP contribution is 2.37. The predicted molar refractivity (Wildman–Crippen MR) is 102 cm³/mol. The second-order valence-corrected chi connectivity index (χ2v) is 6.70. The summed E-state index contributed by atoms with van der Waals surface area (Å²) in [5.41, 5.74) is 2.86. The van der Waals surface area contributed by atoms with Crippen molar-refractivity contribution >= 4 is 17.5 Å². The molecule has 26 heavy (non-hydrogen) atoms. The van der Waals surface area contributed by atoms with Crippen LogP contribution in [0.25, 0.3) is 0 Å². The van der Waals surface area contributed by atoms with E-state index in [0.717, 1.165) is 22.6 Å². The Labute approximate surface area is 154 Å². The molecule has 1 heterocycles. The van der Waals surface area contributed by atoms with Crippen molar-refractivity contribution in [1.82, 2.24) is 5.32 Å². The van der Waals surface area contributed by atoms with Crippen molar-refractivity contribution in [2.75, 3.05) is 19.1 Å². The van der Waals surface area contributed by atoms with Gasteiger partial charge >= 0.3 is 0 Å². The van der Waals surface area contributed by atoms with Crippen molar-refractivity contribution in [3.8, 4) is 5.75 Å². The zero-order valence-corrected chi connectivity index (χ0v) is 15.4. The van der Waals surface area contributed by atoms with Gasteiger partial charge in [0.25, 0.3) is 0 Å². The van der Waals surface area contributed by atoms with Crippen LogP contribution in [0.1, 0.15) is 30.4 Å². The van der Waals surface area contributed by atoms with Crippen LogP contribution in [0.3, 0.4) is 0 Å². The molecule has 0 aromatic heterocycles. The molecule has 0 spiro atoms. The van der Waals surface area contributed by atoms with E-state index in [1.807, 2.05) is 55.5 Å². The number of benzene rings is 2. The van der Waals surface area contributed by atoms with Crippen LogP contribution in [0.4, 0.5) is 5.69 Å². The molecule has 3 rings (SSSR count). The summed E-state index contributed by atoms with van der Waals surface area (Å²) in [5.74, 6) is 0.263. The minimum atomic E-state index is -0.408. The molecule has 5 nitrogen and oxygen atoms in total. The van der Waals surface area contributed by atoms with Gasteiger partial charge < -0.3 is 15.0 Å². The number of carbonyl (C=O) groups is 2. The maximum atomic E-state index is 12.5. The lowest BCUT2D eigenvalue weighted by Gasteiger charge is -2.17. The molecular formula is C21H24N2O3. The van der Waals surface area contributed by atoms with Crippen molar-refractivity contribution in [2.24, 2.45) is 0 Å². The average Bonchev–Trinajstić information content (AvgIpc) is 2.87. The summed E-state index contributed by atoms with van der Waals surface area (Å²) < 4.78 is 5.36. The normalized spacial score (nSPS) is 17.0. The highest BCUT2D eigenvalue weighted by Gasteiger charge is 2.36. The van der Waals surface area contributed by atoms with Crippen LogP contribution in [0, 0.1) is 0 Å². The summed E-state index contributed by atoms with van der Waals surface area (Å²) in [7, 11) is 3.39. The number of ether oxygens (including phenoxy) is 1. The second kappa shape index (κ2) is 7.60. The van der Waals surface area contributed by atoms with Crippen molar-refractivity contribution in [3.63, 3.8) is 0 Å². The Hall–Kier alpha value is -2.82. The number of anilines is 1. The van der Waals surface area contributed by atoms with Gasteiger partial charge in [0.15, 0.2) is 0 Å². The summed E-state index contributed by atoms with van der Waals surface area (Å²) in [6, 6.07) is 15.4. The van der Waals surface area contributed by atoms with Crippen molar-refractivity contribution < 1.29 is 14.3 Å². The number of methoxy groups -OCH3 is 1. The number of hydrogen-bond acceptors (Lipinski definition) is 3. The third-order valence-electron chi connectivity index (χ3n) is 4.82. The predicted octanol–water partition coefficient (Wildman–Crippen LogP) is 2.89. The molecule has 0 saturated carbocycles. The van der Waals surface area contributed by atoms with Crippen LogP contribution >= 0.6 is 0 Å². The first kappa shape index (κ1) is 18.0. The molecule has 136 valence electrons. The Morgan fingerprint density at radius 3 is 2.65 bits per heavy atom. The SMILES string of the molecule is COc1ccccc1C[C@H](C)NC(=O)C[C@@H]1C(=O)N(C)c2ccccc21. The highest BCUT2D eigenvalue weighted by atomic mass is 16.5. The van der Waals surface area contributed by atoms with Gasteiger partial charge in [-0.15, -0.1) is 0 Å². The zero-order valence-electron chi connectivity index (χ0n) is 15.4. The molecule has 0 bridgehead atoms. The quantitative estimate of drug-likeness (QED) is 0.870. The Morgan fingerprint density at radius 1 is 1.19 bits per heavy atom. The molecule has 2 amide bonds. The van der Waals surface area contributed by atoms with Gasteiger partial charge in [-0.05, 0) is 36.6 Å². The van der Waals surface area contributed by atoms with Gasteiger partial charge in [-0.3, -0.25) is 9.59 Å². The van der Waals surface area contributed by atoms with Crippen LogP contribution < -0.4 is 15.0 Å². The van der Waals surface area contributed by atoms with E-state index in [1.54, 1.807) is 19.1 Å². The summed E-state index contributed by atoms with van der Waals surface area (Å²) in [5, 5.41) is 3.01. The molecule has 0 unspecified atom stereocenters. The lowest BCUT2D eigenvalue weighted by Crippen LogP contribution is -2.36. The van der Waals surface area contributed by atoms with Gasteiger partial charge in [0, 0.05) is 25.2 Å². The molecule has 1 N–H and O–H groups in total. The third-order valence-corrected chi connectivity index (χ3v) is 4.82. The second-order valence-electron chi connectivity index (χ2n) is 6.70. The number of hydrogen-bond donors (Lipinski definition) is 1. The Morgan fingerprint density at radius 2 is 1.88 bits per heavy atom. The van der Waals surface area contributed by atoms with E-state index < -0.39 is 5.92 Å². The van der Waals surface area contributed by atoms with E-state index in [1.165, 1.54) is 0 Å². The van der Waals surface area contributed by atoms with Gasteiger partial charge in [0.1, 0.15) is 5.75 Å². The maximum Gasteiger partial charge on any atom is 0.234 e. The van der Waals surface area contributed by atoms with Crippen LogP contribution in [-0.2, 0) is 16.0 Å². The maximum absolute atomic E-state index is 12.5. The summed E-state index contributed by atoms with van der Waals surface area (Å²) >= 11 is 0. The molecule has 0 fully saturated rings. The number of fused-ring (bicyclic) bond motifs is 1. The van der Waals surface area contributed by atoms with E-state index in [4.69, 9.17) is 4.74 Å². The van der Waals surface area contributed by atoms with Crippen LogP contribution in [0.15, 0.2) is 48.5 Å². The van der Waals surface area contributed by atoms with E-state index in [9.17, 15) is 9.59 Å². The first-order valence-corrected chi connectivity index (χ1v) is 8.79. The molecule has 2 aromatic rings. The lowest BCUT2D eigenvalue weighted by atomic mass is 9.96. The van der Waals surface area contributed by atoms with Crippen molar-refractivity contribution in [2.45, 2.75) is 31.7 Å². The Bertz CT molecular complexity index is 818. The van der Waals surface area contributed by atoms with Gasteiger partial charge in [0.05, 0.1) is 13.0 Å². The monoisotopic (exact) mass is 352 g/mol. The minimum Gasteiger partial charge on any atom is -0.496 e. The van der Waals surface area contributed by atoms with E-state index in [2.05, 4.69) is 5.32 Å². The lowest BCUT2D eigenvalue weighted by molar-refractivity contribution is -0.126. The summed E-state index contributed by atoms with van der Waals surface area (Å²) in [6.07, 6.45) is 0.835. The Kier molecular flexibility index (Phi) is 5.26. The molecule has 0 radical (unpaired) electrons. The van der Waals surface area contributed by atoms with E-state index in [-0.39, 0.29) is 24.3 Å². The van der Waals surface area contributed by atoms with Crippen LogP contribution in [0.5, 0.6) is 5.75 Å². The largest absolute Gasteiger partial charge is 0.496 e. The Balaban J connectivity index is 1.63. The van der Waals surface area contributed by atoms with E-state index >= 15 is 0 Å². The standard InChI is InChI=1S/C21H24N2O3/c1-14(12-15-8-4-7-11-19(15)26-3)22-20(24)13-17-16-9-5-6-10-18(16)23(2)21(17)25/h4-11,14,17H,12-13H2,1-3H3,(H,22,24)/t14-,17-/m0/s1. The van der Waals surface area contributed by atoms with Gasteiger partial charge in [0.2, 0.25) is 11.8 Å². The number of likely N-dealkylation sites (N-methyl/N-ethyl adjacent to an activating group) is 1. The van der Waals surface area contributed by atoms with Crippen LogP contribution in [0.2, 0.25) is 0 Å².